The summed E-state index contributed by atoms with van der Waals surface area (Å²) < 4.78 is 24.3. The summed E-state index contributed by atoms with van der Waals surface area (Å²) in [5, 5.41) is 9.13. The number of ether oxygens (including phenoxy) is 2. The lowest BCUT2D eigenvalue weighted by atomic mass is 10.0. The minimum atomic E-state index is -0.486. The SMILES string of the molecule is COC(=O)N1CC(COc2ncc(-c3cccc(CO)c3F)cn2)C1. The van der Waals surface area contributed by atoms with E-state index >= 15 is 0 Å². The lowest BCUT2D eigenvalue weighted by Gasteiger charge is -2.37. The monoisotopic (exact) mass is 347 g/mol. The van der Waals surface area contributed by atoms with Crippen molar-refractivity contribution in [2.45, 2.75) is 6.61 Å². The van der Waals surface area contributed by atoms with Gasteiger partial charge in [-0.1, -0.05) is 18.2 Å². The van der Waals surface area contributed by atoms with Crippen molar-refractivity contribution >= 4 is 6.09 Å². The highest BCUT2D eigenvalue weighted by atomic mass is 19.1. The summed E-state index contributed by atoms with van der Waals surface area (Å²) in [7, 11) is 1.35. The van der Waals surface area contributed by atoms with Gasteiger partial charge in [-0.3, -0.25) is 0 Å². The Morgan fingerprint density at radius 1 is 1.36 bits per heavy atom. The molecule has 2 aromatic rings. The molecule has 1 saturated heterocycles. The van der Waals surface area contributed by atoms with Crippen LogP contribution in [0, 0.1) is 11.7 Å². The first-order valence-corrected chi connectivity index (χ1v) is 7.78. The number of carbonyl (C=O) groups excluding carboxylic acids is 1. The fourth-order valence-corrected chi connectivity index (χ4v) is 2.60. The van der Waals surface area contributed by atoms with Gasteiger partial charge in [0, 0.05) is 48.1 Å². The number of nitrogens with zero attached hydrogens (tertiary/aromatic N) is 3. The van der Waals surface area contributed by atoms with Crippen molar-refractivity contribution in [3.8, 4) is 17.1 Å². The zero-order valence-corrected chi connectivity index (χ0v) is 13.7. The van der Waals surface area contributed by atoms with E-state index in [0.29, 0.717) is 30.8 Å². The van der Waals surface area contributed by atoms with Crippen LogP contribution in [0.15, 0.2) is 30.6 Å². The predicted molar refractivity (Wildman–Crippen MR) is 86.3 cm³/mol. The number of rotatable bonds is 5. The van der Waals surface area contributed by atoms with E-state index < -0.39 is 5.82 Å². The highest BCUT2D eigenvalue weighted by molar-refractivity contribution is 5.68. The number of benzene rings is 1. The lowest BCUT2D eigenvalue weighted by molar-refractivity contribution is 0.0464. The van der Waals surface area contributed by atoms with Crippen LogP contribution in [0.4, 0.5) is 9.18 Å². The van der Waals surface area contributed by atoms with Crippen molar-refractivity contribution in [2.75, 3.05) is 26.8 Å². The molecule has 1 aromatic carbocycles. The van der Waals surface area contributed by atoms with Gasteiger partial charge in [0.25, 0.3) is 0 Å². The third-order valence-electron chi connectivity index (χ3n) is 4.03. The quantitative estimate of drug-likeness (QED) is 0.889. The smallest absolute Gasteiger partial charge is 0.409 e. The van der Waals surface area contributed by atoms with Gasteiger partial charge in [-0.2, -0.15) is 0 Å². The number of carbonyl (C=O) groups is 1. The molecule has 25 heavy (non-hydrogen) atoms. The highest BCUT2D eigenvalue weighted by Crippen LogP contribution is 2.25. The van der Waals surface area contributed by atoms with Crippen LogP contribution in [0.3, 0.4) is 0 Å². The summed E-state index contributed by atoms with van der Waals surface area (Å²) in [5.41, 5.74) is 1.05. The topological polar surface area (TPSA) is 84.8 Å². The maximum absolute atomic E-state index is 14.2. The third-order valence-corrected chi connectivity index (χ3v) is 4.03. The first-order valence-electron chi connectivity index (χ1n) is 7.78. The van der Waals surface area contributed by atoms with Crippen molar-refractivity contribution in [3.05, 3.63) is 42.0 Å². The molecule has 1 N–H and O–H groups in total. The normalized spacial score (nSPS) is 14.1. The van der Waals surface area contributed by atoms with Gasteiger partial charge in [0.05, 0.1) is 20.3 Å². The van der Waals surface area contributed by atoms with E-state index in [9.17, 15) is 9.18 Å². The van der Waals surface area contributed by atoms with Crippen LogP contribution >= 0.6 is 0 Å². The number of aliphatic hydroxyl groups excluding tert-OH is 1. The summed E-state index contributed by atoms with van der Waals surface area (Å²) in [5.74, 6) is -0.277. The molecule has 7 nitrogen and oxygen atoms in total. The van der Waals surface area contributed by atoms with E-state index in [2.05, 4.69) is 14.7 Å². The molecule has 8 heteroatoms. The van der Waals surface area contributed by atoms with Crippen LogP contribution in [-0.4, -0.2) is 52.9 Å². The molecule has 0 bridgehead atoms. The van der Waals surface area contributed by atoms with Gasteiger partial charge in [0.15, 0.2) is 0 Å². The standard InChI is InChI=1S/C17H18FN3O4/c1-24-17(23)21-7-11(8-21)10-25-16-19-5-13(6-20-16)14-4-2-3-12(9-22)15(14)18/h2-6,11,22H,7-10H2,1H3. The van der Waals surface area contributed by atoms with E-state index in [0.717, 1.165) is 0 Å². The van der Waals surface area contributed by atoms with E-state index in [4.69, 9.17) is 9.84 Å². The van der Waals surface area contributed by atoms with Gasteiger partial charge in [-0.05, 0) is 0 Å². The van der Waals surface area contributed by atoms with E-state index in [1.165, 1.54) is 25.6 Å². The van der Waals surface area contributed by atoms with Crippen molar-refractivity contribution in [3.63, 3.8) is 0 Å². The van der Waals surface area contributed by atoms with Crippen molar-refractivity contribution in [2.24, 2.45) is 5.92 Å². The Morgan fingerprint density at radius 3 is 2.72 bits per heavy atom. The number of amides is 1. The Kier molecular flexibility index (Phi) is 5.08. The van der Waals surface area contributed by atoms with Crippen molar-refractivity contribution in [1.29, 1.82) is 0 Å². The Bertz CT molecular complexity index is 748. The second kappa shape index (κ2) is 7.43. The zero-order chi connectivity index (χ0) is 17.8. The molecular weight excluding hydrogens is 329 g/mol. The first-order chi connectivity index (χ1) is 12.1. The summed E-state index contributed by atoms with van der Waals surface area (Å²) in [4.78, 5) is 21.0. The second-order valence-electron chi connectivity index (χ2n) is 5.74. The molecule has 1 fully saturated rings. The van der Waals surface area contributed by atoms with Crippen molar-refractivity contribution < 1.29 is 23.8 Å². The summed E-state index contributed by atoms with van der Waals surface area (Å²) >= 11 is 0. The van der Waals surface area contributed by atoms with E-state index in [-0.39, 0.29) is 30.2 Å². The van der Waals surface area contributed by atoms with Crippen molar-refractivity contribution in [1.82, 2.24) is 14.9 Å². The molecule has 1 aliphatic heterocycles. The Balaban J connectivity index is 1.57. The predicted octanol–water partition coefficient (Wildman–Crippen LogP) is 1.85. The summed E-state index contributed by atoms with van der Waals surface area (Å²) in [6.07, 6.45) is 2.61. The first kappa shape index (κ1) is 17.1. The van der Waals surface area contributed by atoms with E-state index in [1.54, 1.807) is 17.0 Å². The molecule has 0 atom stereocenters. The molecule has 0 aliphatic carbocycles. The van der Waals surface area contributed by atoms with Crippen LogP contribution in [0.25, 0.3) is 11.1 Å². The number of aromatic nitrogens is 2. The van der Waals surface area contributed by atoms with Gasteiger partial charge in [-0.25, -0.2) is 19.2 Å². The average molecular weight is 347 g/mol. The van der Waals surface area contributed by atoms with Gasteiger partial charge < -0.3 is 19.5 Å². The number of halogens is 1. The summed E-state index contributed by atoms with van der Waals surface area (Å²) in [6, 6.07) is 4.98. The number of likely N-dealkylation sites (tertiary alicyclic amines) is 1. The van der Waals surface area contributed by atoms with E-state index in [1.807, 2.05) is 0 Å². The largest absolute Gasteiger partial charge is 0.463 e. The number of methoxy groups -OCH3 is 1. The van der Waals surface area contributed by atoms with Crippen LogP contribution in [0.1, 0.15) is 5.56 Å². The van der Waals surface area contributed by atoms with Crippen LogP contribution in [0.5, 0.6) is 6.01 Å². The molecule has 132 valence electrons. The Hall–Kier alpha value is -2.74. The minimum Gasteiger partial charge on any atom is -0.463 e. The average Bonchev–Trinajstić information content (AvgIpc) is 2.61. The second-order valence-corrected chi connectivity index (χ2v) is 5.74. The number of hydrogen-bond acceptors (Lipinski definition) is 6. The minimum absolute atomic E-state index is 0.194. The fourth-order valence-electron chi connectivity index (χ4n) is 2.60. The molecule has 3 rings (SSSR count). The van der Waals surface area contributed by atoms with Gasteiger partial charge in [0.2, 0.25) is 0 Å². The molecule has 2 heterocycles. The molecule has 0 saturated carbocycles. The van der Waals surface area contributed by atoms with Crippen LogP contribution in [0.2, 0.25) is 0 Å². The number of hydrogen-bond donors (Lipinski definition) is 1. The molecule has 0 spiro atoms. The fraction of sp³-hybridized carbons (Fsp3) is 0.353. The lowest BCUT2D eigenvalue weighted by Crippen LogP contribution is -2.52. The molecular formula is C17H18FN3O4. The molecule has 1 aromatic heterocycles. The van der Waals surface area contributed by atoms with Gasteiger partial charge in [0.1, 0.15) is 5.82 Å². The Morgan fingerprint density at radius 2 is 2.08 bits per heavy atom. The zero-order valence-electron chi connectivity index (χ0n) is 13.7. The van der Waals surface area contributed by atoms with Gasteiger partial charge in [-0.15, -0.1) is 0 Å². The molecule has 0 radical (unpaired) electrons. The third kappa shape index (κ3) is 3.69. The summed E-state index contributed by atoms with van der Waals surface area (Å²) in [6.45, 7) is 1.17. The van der Waals surface area contributed by atoms with Crippen LogP contribution in [-0.2, 0) is 11.3 Å². The maximum atomic E-state index is 14.2. The molecule has 1 amide bonds. The van der Waals surface area contributed by atoms with Gasteiger partial charge >= 0.3 is 12.1 Å². The highest BCUT2D eigenvalue weighted by Gasteiger charge is 2.31. The Labute approximate surface area is 144 Å². The molecule has 0 unspecified atom stereocenters. The molecule has 1 aliphatic rings. The number of aliphatic hydroxyl groups is 1. The van der Waals surface area contributed by atoms with Crippen LogP contribution < -0.4 is 4.74 Å². The maximum Gasteiger partial charge on any atom is 0.409 e.